The van der Waals surface area contributed by atoms with Gasteiger partial charge >= 0.3 is 0 Å². The number of nitrogens with zero attached hydrogens (tertiary/aromatic N) is 1. The van der Waals surface area contributed by atoms with Gasteiger partial charge in [-0.15, -0.1) is 0 Å². The van der Waals surface area contributed by atoms with E-state index in [4.69, 9.17) is 0 Å². The van der Waals surface area contributed by atoms with Gasteiger partial charge in [-0.2, -0.15) is 0 Å². The summed E-state index contributed by atoms with van der Waals surface area (Å²) in [4.78, 5) is 27.5. The van der Waals surface area contributed by atoms with E-state index in [9.17, 15) is 9.59 Å². The standard InChI is InChI=1S/C17H30N2O2/c1-5-9-12(2)19-14(13-10-7-6-8-11-13)15(20)18-17(3,4)16(19)21/h12-14H,5-11H2,1-4H3,(H,18,20). The van der Waals surface area contributed by atoms with Gasteiger partial charge in [-0.1, -0.05) is 32.6 Å². The van der Waals surface area contributed by atoms with Crippen LogP contribution in [0.2, 0.25) is 0 Å². The molecule has 2 aliphatic rings. The molecular weight excluding hydrogens is 264 g/mol. The number of carbonyl (C=O) groups is 2. The van der Waals surface area contributed by atoms with Gasteiger partial charge in [-0.05, 0) is 46.0 Å². The fraction of sp³-hybridized carbons (Fsp3) is 0.882. The smallest absolute Gasteiger partial charge is 0.248 e. The van der Waals surface area contributed by atoms with Gasteiger partial charge in [-0.3, -0.25) is 9.59 Å². The van der Waals surface area contributed by atoms with Crippen molar-refractivity contribution in [3.05, 3.63) is 0 Å². The number of hydrogen-bond acceptors (Lipinski definition) is 2. The zero-order chi connectivity index (χ0) is 15.6. The van der Waals surface area contributed by atoms with Crippen LogP contribution in [0.4, 0.5) is 0 Å². The molecule has 0 aromatic rings. The molecule has 1 saturated carbocycles. The lowest BCUT2D eigenvalue weighted by Crippen LogP contribution is -2.71. The summed E-state index contributed by atoms with van der Waals surface area (Å²) in [5, 5.41) is 2.95. The third-order valence-electron chi connectivity index (χ3n) is 5.05. The molecule has 120 valence electrons. The maximum absolute atomic E-state index is 12.9. The van der Waals surface area contributed by atoms with Crippen molar-refractivity contribution in [2.75, 3.05) is 0 Å². The van der Waals surface area contributed by atoms with E-state index in [1.165, 1.54) is 19.3 Å². The third-order valence-corrected chi connectivity index (χ3v) is 5.05. The fourth-order valence-corrected chi connectivity index (χ4v) is 3.93. The molecule has 2 unspecified atom stereocenters. The molecule has 4 nitrogen and oxygen atoms in total. The lowest BCUT2D eigenvalue weighted by Gasteiger charge is -2.48. The molecule has 0 aromatic heterocycles. The minimum Gasteiger partial charge on any atom is -0.340 e. The Morgan fingerprint density at radius 2 is 1.86 bits per heavy atom. The SMILES string of the molecule is CCCC(C)N1C(=O)C(C)(C)NC(=O)C1C1CCCCC1. The van der Waals surface area contributed by atoms with Crippen molar-refractivity contribution in [2.45, 2.75) is 90.3 Å². The molecule has 2 rings (SSSR count). The van der Waals surface area contributed by atoms with Crippen LogP contribution in [-0.4, -0.2) is 34.3 Å². The second-order valence-corrected chi connectivity index (χ2v) is 7.31. The summed E-state index contributed by atoms with van der Waals surface area (Å²) < 4.78 is 0. The molecule has 1 N–H and O–H groups in total. The lowest BCUT2D eigenvalue weighted by molar-refractivity contribution is -0.159. The number of amides is 2. The number of piperazine rings is 1. The van der Waals surface area contributed by atoms with Gasteiger partial charge in [0, 0.05) is 6.04 Å². The highest BCUT2D eigenvalue weighted by atomic mass is 16.2. The van der Waals surface area contributed by atoms with Crippen molar-refractivity contribution in [3.8, 4) is 0 Å². The summed E-state index contributed by atoms with van der Waals surface area (Å²) in [5.41, 5.74) is -0.774. The van der Waals surface area contributed by atoms with E-state index >= 15 is 0 Å². The van der Waals surface area contributed by atoms with Crippen molar-refractivity contribution in [2.24, 2.45) is 5.92 Å². The Labute approximate surface area is 128 Å². The van der Waals surface area contributed by atoms with Gasteiger partial charge in [0.1, 0.15) is 11.6 Å². The summed E-state index contributed by atoms with van der Waals surface area (Å²) in [6.07, 6.45) is 7.75. The zero-order valence-electron chi connectivity index (χ0n) is 13.9. The van der Waals surface area contributed by atoms with Crippen molar-refractivity contribution in [3.63, 3.8) is 0 Å². The highest BCUT2D eigenvalue weighted by Crippen LogP contribution is 2.34. The van der Waals surface area contributed by atoms with Crippen LogP contribution in [0.5, 0.6) is 0 Å². The molecule has 2 atom stereocenters. The maximum Gasteiger partial charge on any atom is 0.248 e. The lowest BCUT2D eigenvalue weighted by atomic mass is 9.79. The van der Waals surface area contributed by atoms with E-state index in [0.29, 0.717) is 5.92 Å². The first-order valence-electron chi connectivity index (χ1n) is 8.53. The van der Waals surface area contributed by atoms with Gasteiger partial charge in [0.05, 0.1) is 0 Å². The highest BCUT2D eigenvalue weighted by molar-refractivity contribution is 5.99. The number of hydrogen-bond donors (Lipinski definition) is 1. The monoisotopic (exact) mass is 294 g/mol. The average Bonchev–Trinajstić information content (AvgIpc) is 2.43. The summed E-state index contributed by atoms with van der Waals surface area (Å²) in [7, 11) is 0. The molecule has 2 amide bonds. The molecule has 0 bridgehead atoms. The first-order chi connectivity index (χ1) is 9.88. The zero-order valence-corrected chi connectivity index (χ0v) is 13.9. The largest absolute Gasteiger partial charge is 0.340 e. The second kappa shape index (κ2) is 6.37. The van der Waals surface area contributed by atoms with Crippen LogP contribution in [0.1, 0.15) is 72.6 Å². The summed E-state index contributed by atoms with van der Waals surface area (Å²) in [5.74, 6) is 0.464. The Morgan fingerprint density at radius 3 is 2.43 bits per heavy atom. The highest BCUT2D eigenvalue weighted by Gasteiger charge is 2.49. The van der Waals surface area contributed by atoms with Gasteiger partial charge in [0.2, 0.25) is 11.8 Å². The topological polar surface area (TPSA) is 49.4 Å². The molecule has 4 heteroatoms. The number of rotatable bonds is 4. The Balaban J connectivity index is 2.29. The van der Waals surface area contributed by atoms with Crippen LogP contribution in [0, 0.1) is 5.92 Å². The molecule has 1 saturated heterocycles. The van der Waals surface area contributed by atoms with Crippen molar-refractivity contribution in [1.82, 2.24) is 10.2 Å². The van der Waals surface area contributed by atoms with Crippen LogP contribution in [0.15, 0.2) is 0 Å². The van der Waals surface area contributed by atoms with Crippen LogP contribution in [0.3, 0.4) is 0 Å². The van der Waals surface area contributed by atoms with Crippen molar-refractivity contribution in [1.29, 1.82) is 0 Å². The second-order valence-electron chi connectivity index (χ2n) is 7.31. The van der Waals surface area contributed by atoms with Gasteiger partial charge in [0.15, 0.2) is 0 Å². The van der Waals surface area contributed by atoms with E-state index in [1.54, 1.807) is 0 Å². The summed E-state index contributed by atoms with van der Waals surface area (Å²) in [6, 6.07) is -0.118. The average molecular weight is 294 g/mol. The Morgan fingerprint density at radius 1 is 1.24 bits per heavy atom. The van der Waals surface area contributed by atoms with E-state index in [2.05, 4.69) is 19.2 Å². The molecule has 1 aliphatic heterocycles. The molecular formula is C17H30N2O2. The predicted octanol–water partition coefficient (Wildman–Crippen LogP) is 2.86. The molecule has 1 aliphatic carbocycles. The number of carbonyl (C=O) groups excluding carboxylic acids is 2. The van der Waals surface area contributed by atoms with Crippen LogP contribution in [0.25, 0.3) is 0 Å². The summed E-state index contributed by atoms with van der Waals surface area (Å²) in [6.45, 7) is 7.85. The van der Waals surface area contributed by atoms with Crippen LogP contribution in [-0.2, 0) is 9.59 Å². The van der Waals surface area contributed by atoms with E-state index in [-0.39, 0.29) is 23.9 Å². The normalized spacial score (nSPS) is 28.4. The first-order valence-corrected chi connectivity index (χ1v) is 8.53. The Kier molecular flexibility index (Phi) is 4.95. The van der Waals surface area contributed by atoms with E-state index < -0.39 is 5.54 Å². The van der Waals surface area contributed by atoms with Crippen molar-refractivity contribution < 1.29 is 9.59 Å². The predicted molar refractivity (Wildman–Crippen MR) is 83.8 cm³/mol. The number of nitrogens with one attached hydrogen (secondary N) is 1. The van der Waals surface area contributed by atoms with Gasteiger partial charge in [0.25, 0.3) is 0 Å². The van der Waals surface area contributed by atoms with E-state index in [0.717, 1.165) is 25.7 Å². The Bertz CT molecular complexity index is 400. The van der Waals surface area contributed by atoms with E-state index in [1.807, 2.05) is 18.7 Å². The quantitative estimate of drug-likeness (QED) is 0.866. The van der Waals surface area contributed by atoms with Gasteiger partial charge in [-0.25, -0.2) is 0 Å². The molecule has 21 heavy (non-hydrogen) atoms. The van der Waals surface area contributed by atoms with Crippen LogP contribution >= 0.6 is 0 Å². The molecule has 2 fully saturated rings. The molecule has 0 spiro atoms. The summed E-state index contributed by atoms with van der Waals surface area (Å²) >= 11 is 0. The molecule has 0 radical (unpaired) electrons. The minimum atomic E-state index is -0.774. The minimum absolute atomic E-state index is 0.0504. The molecule has 0 aromatic carbocycles. The maximum atomic E-state index is 12.9. The van der Waals surface area contributed by atoms with Crippen molar-refractivity contribution >= 4 is 11.8 Å². The van der Waals surface area contributed by atoms with Gasteiger partial charge < -0.3 is 10.2 Å². The molecule has 1 heterocycles. The third kappa shape index (κ3) is 3.24. The first kappa shape index (κ1) is 16.3. The Hall–Kier alpha value is -1.06. The fourth-order valence-electron chi connectivity index (χ4n) is 3.93. The van der Waals surface area contributed by atoms with Crippen LogP contribution < -0.4 is 5.32 Å².